The molecule has 2 heterocycles. The van der Waals surface area contributed by atoms with E-state index in [9.17, 15) is 73.2 Å². The molecule has 2 aliphatic rings. The number of aliphatic hydroxyl groups is 2. The van der Waals surface area contributed by atoms with Gasteiger partial charge in [-0.05, 0) is 38.2 Å². The number of rotatable bonds is 11. The predicted octanol–water partition coefficient (Wildman–Crippen LogP) is -6.93. The maximum absolute atomic E-state index is 14.3. The Bertz CT molecular complexity index is 2120. The summed E-state index contributed by atoms with van der Waals surface area (Å²) in [6.07, 6.45) is -0.701. The molecule has 0 saturated carbocycles. The van der Waals surface area contributed by atoms with E-state index in [-0.39, 0.29) is 56.2 Å². The largest absolute Gasteiger partial charge is 0.481 e. The van der Waals surface area contributed by atoms with Crippen molar-refractivity contribution in [3.8, 4) is 0 Å². The number of aliphatic carboxylic acids is 2. The number of nitrogens with one attached hydrogen (secondary N) is 8. The first kappa shape index (κ1) is 58.6. The summed E-state index contributed by atoms with van der Waals surface area (Å²) in [4.78, 5) is 150. The number of carbonyl (C=O) groups excluding carboxylic acids is 9. The van der Waals surface area contributed by atoms with Crippen LogP contribution in [0.4, 0.5) is 0 Å². The molecule has 9 atom stereocenters. The van der Waals surface area contributed by atoms with Crippen molar-refractivity contribution in [2.24, 2.45) is 22.2 Å². The first-order valence-corrected chi connectivity index (χ1v) is 24.6. The molecule has 2 fully saturated rings. The van der Waals surface area contributed by atoms with Crippen LogP contribution in [-0.4, -0.2) is 195 Å². The quantitative estimate of drug-likeness (QED) is 0.0424. The van der Waals surface area contributed by atoms with E-state index in [1.165, 1.54) is 6.92 Å². The standard InChI is InChI=1S/C41H61N13O15S2/c1-20-32(60)51-26(16-55)36(64)52-27(17-56)37(65)53-28(40(68)69)19-71-70-18-22(42)33(61)49-23(9-5-11-45-41(43)44)34(62)46-15-30(57)48-24(14-31(58)59)35(63)50-25(13-21-7-3-2-4-8-21)39(67)54-12-6-10-29(54)38(66)47-20/h2-4,7-8,20,22-29,55-56H,5-6,9-19,42H2,1H3,(H,46,62)(H,47,66)(H,48,57)(H,49,61)(H,50,63)(H,51,60)(H,52,64)(H,53,65)(H,58,59)(H,68,69)(H4,43,44,45)/t20-,22-,23-,24-,25-,26-,27-,28-,29-/m0/s1. The number of carboxylic acid groups (broad SMARTS) is 2. The van der Waals surface area contributed by atoms with Crippen LogP contribution in [0.2, 0.25) is 0 Å². The molecule has 2 saturated heterocycles. The van der Waals surface area contributed by atoms with Crippen molar-refractivity contribution in [3.63, 3.8) is 0 Å². The minimum Gasteiger partial charge on any atom is -0.481 e. The van der Waals surface area contributed by atoms with E-state index in [0.717, 1.165) is 26.5 Å². The Morgan fingerprint density at radius 2 is 1.31 bits per heavy atom. The molecule has 0 aromatic heterocycles. The summed E-state index contributed by atoms with van der Waals surface area (Å²) < 4.78 is 0. The number of carbonyl (C=O) groups is 11. The highest BCUT2D eigenvalue weighted by molar-refractivity contribution is 8.76. The molecule has 18 N–H and O–H groups in total. The molecular weight excluding hydrogens is 979 g/mol. The maximum Gasteiger partial charge on any atom is 0.327 e. The van der Waals surface area contributed by atoms with E-state index in [1.54, 1.807) is 30.3 Å². The van der Waals surface area contributed by atoms with Gasteiger partial charge in [-0.15, -0.1) is 0 Å². The van der Waals surface area contributed by atoms with Crippen LogP contribution in [0.25, 0.3) is 0 Å². The zero-order valence-electron chi connectivity index (χ0n) is 38.5. The first-order valence-electron chi connectivity index (χ1n) is 22.1. The summed E-state index contributed by atoms with van der Waals surface area (Å²) in [7, 11) is 1.78. The van der Waals surface area contributed by atoms with Gasteiger partial charge in [0.1, 0.15) is 48.3 Å². The first-order chi connectivity index (χ1) is 33.6. The average Bonchev–Trinajstić information content (AvgIpc) is 3.82. The lowest BCUT2D eigenvalue weighted by atomic mass is 10.0. The summed E-state index contributed by atoms with van der Waals surface area (Å²) in [5.41, 5.74) is 17.4. The molecule has 0 aliphatic carbocycles. The van der Waals surface area contributed by atoms with Crippen LogP contribution >= 0.6 is 21.6 Å². The number of nitrogens with zero attached hydrogens (tertiary/aromatic N) is 2. The second-order valence-corrected chi connectivity index (χ2v) is 18.7. The van der Waals surface area contributed by atoms with Crippen molar-refractivity contribution in [1.29, 1.82) is 0 Å². The second-order valence-electron chi connectivity index (χ2n) is 16.2. The number of nitrogens with two attached hydrogens (primary N) is 3. The number of amides is 9. The maximum atomic E-state index is 14.3. The fraction of sp³-hybridized carbons (Fsp3) is 0.561. The number of fused-ring (bicyclic) bond motifs is 1. The van der Waals surface area contributed by atoms with E-state index < -0.39 is 146 Å². The molecular formula is C41H61N13O15S2. The van der Waals surface area contributed by atoms with Crippen molar-refractivity contribution in [1.82, 2.24) is 47.4 Å². The van der Waals surface area contributed by atoms with Crippen molar-refractivity contribution < 1.29 is 73.2 Å². The number of hydrogen-bond acceptors (Lipinski definition) is 17. The summed E-state index contributed by atoms with van der Waals surface area (Å²) in [6, 6.07) is -5.36. The summed E-state index contributed by atoms with van der Waals surface area (Å²) in [5.74, 6) is -12.7. The third-order valence-electron chi connectivity index (χ3n) is 10.7. The Hall–Kier alpha value is -6.76. The molecule has 0 bridgehead atoms. The minimum absolute atomic E-state index is 0.00664. The van der Waals surface area contributed by atoms with Gasteiger partial charge >= 0.3 is 11.9 Å². The molecule has 392 valence electrons. The number of benzene rings is 1. The lowest BCUT2D eigenvalue weighted by Gasteiger charge is -2.30. The average molecular weight is 1040 g/mol. The zero-order valence-corrected chi connectivity index (χ0v) is 40.1. The molecule has 71 heavy (non-hydrogen) atoms. The van der Waals surface area contributed by atoms with Gasteiger partial charge in [-0.2, -0.15) is 0 Å². The molecule has 1 aromatic rings. The topological polar surface area (TPSA) is 459 Å². The molecule has 0 spiro atoms. The van der Waals surface area contributed by atoms with Gasteiger partial charge < -0.3 is 85.1 Å². The lowest BCUT2D eigenvalue weighted by molar-refractivity contribution is -0.143. The number of hydrogen-bond donors (Lipinski definition) is 15. The molecule has 1 aromatic carbocycles. The summed E-state index contributed by atoms with van der Waals surface area (Å²) in [6.45, 7) is -1.65. The van der Waals surface area contributed by atoms with Crippen LogP contribution in [0.5, 0.6) is 0 Å². The minimum atomic E-state index is -1.81. The van der Waals surface area contributed by atoms with Crippen LogP contribution < -0.4 is 59.7 Å². The Morgan fingerprint density at radius 3 is 1.93 bits per heavy atom. The van der Waals surface area contributed by atoms with Crippen LogP contribution in [-0.2, 0) is 59.2 Å². The third kappa shape index (κ3) is 19.5. The number of carboxylic acids is 2. The van der Waals surface area contributed by atoms with Crippen molar-refractivity contribution >= 4 is 92.7 Å². The number of aliphatic hydroxyl groups excluding tert-OH is 2. The van der Waals surface area contributed by atoms with Gasteiger partial charge in [-0.3, -0.25) is 52.9 Å². The lowest BCUT2D eigenvalue weighted by Crippen LogP contribution is -2.60. The van der Waals surface area contributed by atoms with Gasteiger partial charge in [0.25, 0.3) is 0 Å². The predicted molar refractivity (Wildman–Crippen MR) is 254 cm³/mol. The second kappa shape index (κ2) is 29.4. The molecule has 30 heteroatoms. The fourth-order valence-corrected chi connectivity index (χ4v) is 9.17. The molecule has 2 aliphatic heterocycles. The van der Waals surface area contributed by atoms with Gasteiger partial charge in [0, 0.05) is 31.0 Å². The van der Waals surface area contributed by atoms with Crippen LogP contribution in [0, 0.1) is 0 Å². The van der Waals surface area contributed by atoms with Gasteiger partial charge in [-0.25, -0.2) is 4.79 Å². The highest BCUT2D eigenvalue weighted by Gasteiger charge is 2.40. The van der Waals surface area contributed by atoms with Gasteiger partial charge in [0.2, 0.25) is 53.2 Å². The van der Waals surface area contributed by atoms with Crippen molar-refractivity contribution in [2.75, 3.05) is 44.4 Å². The normalized spacial score (nSPS) is 26.7. The Kier molecular flexibility index (Phi) is 24.3. The smallest absolute Gasteiger partial charge is 0.327 e. The van der Waals surface area contributed by atoms with E-state index in [1.807, 2.05) is 0 Å². The number of aliphatic imine (C=N–C) groups is 1. The van der Waals surface area contributed by atoms with Crippen LogP contribution in [0.15, 0.2) is 35.3 Å². The van der Waals surface area contributed by atoms with E-state index in [4.69, 9.17) is 17.2 Å². The summed E-state index contributed by atoms with van der Waals surface area (Å²) in [5, 5.41) is 57.9. The van der Waals surface area contributed by atoms with Gasteiger partial charge in [0.05, 0.1) is 32.2 Å². The highest BCUT2D eigenvalue weighted by atomic mass is 33.1. The van der Waals surface area contributed by atoms with E-state index in [0.29, 0.717) is 12.0 Å². The third-order valence-corrected chi connectivity index (χ3v) is 13.1. The fourth-order valence-electron chi connectivity index (χ4n) is 6.89. The summed E-state index contributed by atoms with van der Waals surface area (Å²) >= 11 is 0. The molecule has 0 unspecified atom stereocenters. The van der Waals surface area contributed by atoms with E-state index >= 15 is 0 Å². The Labute approximate surface area is 414 Å². The molecule has 28 nitrogen and oxygen atoms in total. The van der Waals surface area contributed by atoms with Gasteiger partial charge in [0.15, 0.2) is 5.96 Å². The Balaban J connectivity index is 1.97. The molecule has 3 rings (SSSR count). The van der Waals surface area contributed by atoms with E-state index in [2.05, 4.69) is 47.5 Å². The number of guanidine groups is 1. The monoisotopic (exact) mass is 1040 g/mol. The van der Waals surface area contributed by atoms with Gasteiger partial charge in [-0.1, -0.05) is 51.9 Å². The zero-order chi connectivity index (χ0) is 52.8. The SMILES string of the molecule is C[C@@H]1NC(=O)[C@@H]2CCCN2C(=O)[C@H](Cc2ccccc2)NC(=O)[C@H](CC(=O)O)NC(=O)CNC(=O)[C@H](CCCN=C(N)N)NC(=O)[C@@H](N)CSSC[C@@H](C(=O)O)NC(=O)[C@H](CO)NC(=O)[C@H](CO)NC1=O. The van der Waals surface area contributed by atoms with Crippen LogP contribution in [0.3, 0.4) is 0 Å². The molecule has 0 radical (unpaired) electrons. The molecule has 9 amide bonds. The highest BCUT2D eigenvalue weighted by Crippen LogP contribution is 2.23. The van der Waals surface area contributed by atoms with Crippen molar-refractivity contribution in [2.45, 2.75) is 99.8 Å². The Morgan fingerprint density at radius 1 is 0.718 bits per heavy atom. The van der Waals surface area contributed by atoms with Crippen LogP contribution in [0.1, 0.15) is 44.6 Å². The van der Waals surface area contributed by atoms with Crippen molar-refractivity contribution in [3.05, 3.63) is 35.9 Å².